The Kier molecular flexibility index (Phi) is 6.69. The molecule has 0 bridgehead atoms. The predicted octanol–water partition coefficient (Wildman–Crippen LogP) is 4.64. The zero-order valence-electron chi connectivity index (χ0n) is 15.0. The number of imidazole rings is 1. The lowest BCUT2D eigenvalue weighted by Crippen LogP contribution is -2.25. The molecule has 3 rings (SSSR count). The highest BCUT2D eigenvalue weighted by Gasteiger charge is 2.10. The number of ether oxygens (including phenoxy) is 1. The molecule has 0 aliphatic heterocycles. The molecule has 0 spiro atoms. The Morgan fingerprint density at radius 2 is 2.00 bits per heavy atom. The topological polar surface area (TPSA) is 30.3 Å². The van der Waals surface area contributed by atoms with Gasteiger partial charge in [-0.25, -0.2) is 4.98 Å². The van der Waals surface area contributed by atoms with Gasteiger partial charge in [-0.2, -0.15) is 0 Å². The molecule has 136 valence electrons. The van der Waals surface area contributed by atoms with Crippen LogP contribution in [0, 0.1) is 0 Å². The first-order chi connectivity index (χ1) is 12.7. The highest BCUT2D eigenvalue weighted by Crippen LogP contribution is 2.20. The molecule has 4 nitrogen and oxygen atoms in total. The highest BCUT2D eigenvalue weighted by molar-refractivity contribution is 6.31. The second kappa shape index (κ2) is 9.41. The summed E-state index contributed by atoms with van der Waals surface area (Å²) in [5, 5.41) is 0.817. The summed E-state index contributed by atoms with van der Waals surface area (Å²) in [6.07, 6.45) is 6.73. The van der Waals surface area contributed by atoms with Crippen LogP contribution >= 0.6 is 11.6 Å². The fourth-order valence-corrected chi connectivity index (χ4v) is 3.20. The fourth-order valence-electron chi connectivity index (χ4n) is 3.01. The minimum Gasteiger partial charge on any atom is -0.497 e. The van der Waals surface area contributed by atoms with Gasteiger partial charge < -0.3 is 9.30 Å². The van der Waals surface area contributed by atoms with Crippen molar-refractivity contribution in [2.45, 2.75) is 26.1 Å². The normalized spacial score (nSPS) is 11.0. The molecular weight excluding hydrogens is 346 g/mol. The van der Waals surface area contributed by atoms with Gasteiger partial charge in [0.2, 0.25) is 0 Å². The number of benzene rings is 2. The van der Waals surface area contributed by atoms with E-state index in [1.165, 1.54) is 5.56 Å². The zero-order valence-corrected chi connectivity index (χ0v) is 15.8. The lowest BCUT2D eigenvalue weighted by atomic mass is 10.1. The molecule has 0 saturated heterocycles. The van der Waals surface area contributed by atoms with Crippen LogP contribution in [0.4, 0.5) is 0 Å². The van der Waals surface area contributed by atoms with Gasteiger partial charge in [-0.3, -0.25) is 4.90 Å². The third kappa shape index (κ3) is 5.35. The first-order valence-electron chi connectivity index (χ1n) is 8.79. The number of nitrogens with zero attached hydrogens (tertiary/aromatic N) is 3. The van der Waals surface area contributed by atoms with Crippen molar-refractivity contribution in [1.29, 1.82) is 0 Å². The maximum absolute atomic E-state index is 6.38. The van der Waals surface area contributed by atoms with Crippen LogP contribution in [0.15, 0.2) is 67.3 Å². The van der Waals surface area contributed by atoms with Crippen LogP contribution in [0.25, 0.3) is 0 Å². The van der Waals surface area contributed by atoms with E-state index in [0.717, 1.165) is 48.9 Å². The smallest absolute Gasteiger partial charge is 0.119 e. The molecule has 0 N–H and O–H groups in total. The van der Waals surface area contributed by atoms with Gasteiger partial charge in [0, 0.05) is 43.6 Å². The Morgan fingerprint density at radius 3 is 2.77 bits per heavy atom. The molecule has 0 fully saturated rings. The van der Waals surface area contributed by atoms with Gasteiger partial charge in [0.15, 0.2) is 0 Å². The van der Waals surface area contributed by atoms with E-state index in [-0.39, 0.29) is 0 Å². The van der Waals surface area contributed by atoms with E-state index in [1.807, 2.05) is 49.1 Å². The van der Waals surface area contributed by atoms with E-state index in [9.17, 15) is 0 Å². The second-order valence-corrected chi connectivity index (χ2v) is 6.71. The van der Waals surface area contributed by atoms with Gasteiger partial charge in [0.1, 0.15) is 5.75 Å². The average molecular weight is 370 g/mol. The molecule has 0 amide bonds. The number of aryl methyl sites for hydroxylation is 1. The number of methoxy groups -OCH3 is 1. The van der Waals surface area contributed by atoms with E-state index >= 15 is 0 Å². The molecule has 0 aliphatic rings. The monoisotopic (exact) mass is 369 g/mol. The molecule has 26 heavy (non-hydrogen) atoms. The largest absolute Gasteiger partial charge is 0.497 e. The number of hydrogen-bond acceptors (Lipinski definition) is 3. The van der Waals surface area contributed by atoms with E-state index in [4.69, 9.17) is 16.3 Å². The van der Waals surface area contributed by atoms with Gasteiger partial charge in [0.05, 0.1) is 13.4 Å². The molecule has 0 aliphatic carbocycles. The summed E-state index contributed by atoms with van der Waals surface area (Å²) >= 11 is 6.38. The van der Waals surface area contributed by atoms with Crippen LogP contribution in [0.5, 0.6) is 5.75 Å². The Morgan fingerprint density at radius 1 is 1.12 bits per heavy atom. The van der Waals surface area contributed by atoms with Crippen molar-refractivity contribution in [3.8, 4) is 5.75 Å². The quantitative estimate of drug-likeness (QED) is 0.550. The average Bonchev–Trinajstić information content (AvgIpc) is 3.17. The number of hydrogen-bond donors (Lipinski definition) is 0. The summed E-state index contributed by atoms with van der Waals surface area (Å²) in [7, 11) is 1.70. The third-order valence-electron chi connectivity index (χ3n) is 4.34. The van der Waals surface area contributed by atoms with Crippen molar-refractivity contribution < 1.29 is 4.74 Å². The minimum absolute atomic E-state index is 0.817. The lowest BCUT2D eigenvalue weighted by Gasteiger charge is -2.23. The molecule has 0 saturated carbocycles. The van der Waals surface area contributed by atoms with Crippen molar-refractivity contribution in [2.75, 3.05) is 13.7 Å². The Balaban J connectivity index is 1.68. The van der Waals surface area contributed by atoms with Crippen LogP contribution in [0.3, 0.4) is 0 Å². The van der Waals surface area contributed by atoms with Crippen LogP contribution in [0.2, 0.25) is 5.02 Å². The van der Waals surface area contributed by atoms with Crippen LogP contribution < -0.4 is 4.74 Å². The van der Waals surface area contributed by atoms with Gasteiger partial charge in [0.25, 0.3) is 0 Å². The molecule has 0 unspecified atom stereocenters. The summed E-state index contributed by atoms with van der Waals surface area (Å²) < 4.78 is 7.46. The Hall–Kier alpha value is -2.30. The van der Waals surface area contributed by atoms with Gasteiger partial charge in [-0.1, -0.05) is 41.9 Å². The van der Waals surface area contributed by atoms with Crippen molar-refractivity contribution in [1.82, 2.24) is 14.5 Å². The lowest BCUT2D eigenvalue weighted by molar-refractivity contribution is 0.248. The van der Waals surface area contributed by atoms with Crippen LogP contribution in [-0.2, 0) is 19.6 Å². The van der Waals surface area contributed by atoms with E-state index in [1.54, 1.807) is 7.11 Å². The second-order valence-electron chi connectivity index (χ2n) is 6.31. The number of aromatic nitrogens is 2. The highest BCUT2D eigenvalue weighted by atomic mass is 35.5. The molecule has 0 atom stereocenters. The summed E-state index contributed by atoms with van der Waals surface area (Å²) in [6.45, 7) is 3.60. The number of rotatable bonds is 9. The molecular formula is C21H24ClN3O. The van der Waals surface area contributed by atoms with Crippen LogP contribution in [0.1, 0.15) is 17.5 Å². The maximum Gasteiger partial charge on any atom is 0.119 e. The third-order valence-corrected chi connectivity index (χ3v) is 4.71. The molecule has 3 aromatic rings. The minimum atomic E-state index is 0.817. The van der Waals surface area contributed by atoms with Crippen molar-refractivity contribution in [2.24, 2.45) is 0 Å². The fraction of sp³-hybridized carbons (Fsp3) is 0.286. The van der Waals surface area contributed by atoms with E-state index in [0.29, 0.717) is 0 Å². The standard InChI is InChI=1S/C21H24ClN3O/c1-26-20-8-4-6-18(14-20)15-25(12-5-11-24-13-10-23-17-24)16-19-7-2-3-9-21(19)22/h2-4,6-10,13-14,17H,5,11-12,15-16H2,1H3. The predicted molar refractivity (Wildman–Crippen MR) is 105 cm³/mol. The van der Waals surface area contributed by atoms with Gasteiger partial charge in [-0.15, -0.1) is 0 Å². The van der Waals surface area contributed by atoms with Gasteiger partial charge in [-0.05, 0) is 35.7 Å². The summed E-state index contributed by atoms with van der Waals surface area (Å²) in [5.41, 5.74) is 2.39. The summed E-state index contributed by atoms with van der Waals surface area (Å²) in [6, 6.07) is 16.3. The van der Waals surface area contributed by atoms with Crippen molar-refractivity contribution in [3.05, 3.63) is 83.4 Å². The van der Waals surface area contributed by atoms with Crippen molar-refractivity contribution in [3.63, 3.8) is 0 Å². The van der Waals surface area contributed by atoms with E-state index < -0.39 is 0 Å². The van der Waals surface area contributed by atoms with Gasteiger partial charge >= 0.3 is 0 Å². The molecule has 1 heterocycles. The molecule has 1 aromatic heterocycles. The summed E-state index contributed by atoms with van der Waals surface area (Å²) in [4.78, 5) is 6.53. The zero-order chi connectivity index (χ0) is 18.2. The Labute approximate surface area is 160 Å². The molecule has 0 radical (unpaired) electrons. The summed E-state index contributed by atoms with van der Waals surface area (Å²) in [5.74, 6) is 0.888. The van der Waals surface area contributed by atoms with Crippen molar-refractivity contribution >= 4 is 11.6 Å². The maximum atomic E-state index is 6.38. The molecule has 2 aromatic carbocycles. The SMILES string of the molecule is COc1cccc(CN(CCCn2ccnc2)Cc2ccccc2Cl)c1. The first kappa shape index (κ1) is 18.5. The number of halogens is 1. The first-order valence-corrected chi connectivity index (χ1v) is 9.17. The molecule has 5 heteroatoms. The van der Waals surface area contributed by atoms with Crippen LogP contribution in [-0.4, -0.2) is 28.1 Å². The van der Waals surface area contributed by atoms with E-state index in [2.05, 4.69) is 32.7 Å². The Bertz CT molecular complexity index is 805.